The van der Waals surface area contributed by atoms with E-state index in [1.54, 1.807) is 74.9 Å². The fourth-order valence-corrected chi connectivity index (χ4v) is 5.79. The number of methoxy groups -OCH3 is 2. The first-order chi connectivity index (χ1) is 19.3. The molecule has 2 aliphatic rings. The summed E-state index contributed by atoms with van der Waals surface area (Å²) in [6.45, 7) is -4.49. The normalized spacial score (nSPS) is 15.4. The first kappa shape index (κ1) is 26.4. The molecule has 0 unspecified atom stereocenters. The number of rotatable bonds is 6. The lowest BCUT2D eigenvalue weighted by molar-refractivity contribution is -0.370. The first-order valence-electron chi connectivity index (χ1n) is 12.2. The van der Waals surface area contributed by atoms with Gasteiger partial charge in [-0.05, 0) is 92.0 Å². The number of ether oxygens (including phenoxy) is 4. The molecule has 11 heteroatoms. The number of nitrogens with zero attached hydrogens (tertiary/aromatic N) is 2. The Morgan fingerprint density at radius 1 is 0.750 bits per heavy atom. The summed E-state index contributed by atoms with van der Waals surface area (Å²) in [6, 6.07) is 24.5. The molecule has 0 bridgehead atoms. The van der Waals surface area contributed by atoms with Crippen LogP contribution in [0.5, 0.6) is 28.9 Å². The maximum absolute atomic E-state index is 16.8. The fraction of sp³-hybridized carbons (Fsp3) is 0.0690. The molecule has 3 heterocycles. The molecule has 0 N–H and O–H groups in total. The number of fused-ring (bicyclic) bond motifs is 2. The van der Waals surface area contributed by atoms with Crippen LogP contribution >= 0.6 is 31.9 Å². The smallest absolute Gasteiger partial charge is 0.497 e. The summed E-state index contributed by atoms with van der Waals surface area (Å²) in [5.41, 5.74) is 1.97. The van der Waals surface area contributed by atoms with Gasteiger partial charge in [0, 0.05) is 11.8 Å². The maximum atomic E-state index is 16.8. The van der Waals surface area contributed by atoms with Gasteiger partial charge in [-0.15, -0.1) is 0 Å². The second kappa shape index (κ2) is 10.3. The molecule has 6 rings (SSSR count). The summed E-state index contributed by atoms with van der Waals surface area (Å²) in [7, 11) is 3.11. The van der Waals surface area contributed by atoms with Crippen LogP contribution in [0.3, 0.4) is 0 Å². The summed E-state index contributed by atoms with van der Waals surface area (Å²) in [5.74, 6) is 1.93. The van der Waals surface area contributed by atoms with E-state index in [0.29, 0.717) is 48.9 Å². The highest BCUT2D eigenvalue weighted by Crippen LogP contribution is 2.47. The molecule has 0 radical (unpaired) electrons. The van der Waals surface area contributed by atoms with E-state index in [4.69, 9.17) is 18.9 Å². The van der Waals surface area contributed by atoms with Crippen molar-refractivity contribution in [2.24, 2.45) is 0 Å². The van der Waals surface area contributed by atoms with Crippen molar-refractivity contribution in [1.82, 2.24) is 4.48 Å². The van der Waals surface area contributed by atoms with E-state index in [1.165, 1.54) is 0 Å². The monoisotopic (exact) mass is 668 g/mol. The zero-order chi connectivity index (χ0) is 28.0. The molecular weight excluding hydrogens is 649 g/mol. The fourth-order valence-electron chi connectivity index (χ4n) is 4.81. The maximum Gasteiger partial charge on any atom is 0.742 e. The Hall–Kier alpha value is -3.83. The van der Waals surface area contributed by atoms with Gasteiger partial charge in [0.05, 0.1) is 24.3 Å². The standard InChI is InChI=1S/C29H21BBr2F2N2O4/c1-37-19-8-12-21(13-9-19)39-28-23(31)16-25-27(18-6-4-3-5-7-18)26-17-24(32)29(36(26)30(33,34)35(25)28)40-22-14-10-20(38-2)11-15-22/h3-17H,1-2H3. The van der Waals surface area contributed by atoms with Crippen LogP contribution in [0.25, 0.3) is 5.57 Å². The van der Waals surface area contributed by atoms with Crippen LogP contribution in [0.4, 0.5) is 8.63 Å². The molecule has 0 saturated heterocycles. The molecule has 0 aliphatic carbocycles. The van der Waals surface area contributed by atoms with Crippen molar-refractivity contribution in [3.63, 3.8) is 0 Å². The molecule has 1 aromatic heterocycles. The summed E-state index contributed by atoms with van der Waals surface area (Å²) >= 11 is 6.96. The number of hydrogen-bond donors (Lipinski definition) is 0. The van der Waals surface area contributed by atoms with Crippen molar-refractivity contribution < 1.29 is 32.1 Å². The van der Waals surface area contributed by atoms with Gasteiger partial charge in [-0.1, -0.05) is 30.3 Å². The molecule has 0 fully saturated rings. The number of hydrogen-bond acceptors (Lipinski definition) is 4. The highest BCUT2D eigenvalue weighted by Gasteiger charge is 2.57. The van der Waals surface area contributed by atoms with Crippen molar-refractivity contribution >= 4 is 50.3 Å². The summed E-state index contributed by atoms with van der Waals surface area (Å²) in [5, 5.41) is 0. The van der Waals surface area contributed by atoms with Crippen LogP contribution in [-0.4, -0.2) is 36.1 Å². The minimum absolute atomic E-state index is 0.0375. The number of halogens is 4. The summed E-state index contributed by atoms with van der Waals surface area (Å²) in [4.78, 5) is 0. The molecule has 3 aromatic carbocycles. The minimum Gasteiger partial charge on any atom is -0.497 e. The summed E-state index contributed by atoms with van der Waals surface area (Å²) in [6.07, 6.45) is 1.66. The Labute approximate surface area is 246 Å². The van der Waals surface area contributed by atoms with Crippen molar-refractivity contribution in [2.75, 3.05) is 14.2 Å². The largest absolute Gasteiger partial charge is 0.742 e. The Balaban J connectivity index is 1.56. The SMILES string of the molecule is COc1ccc(OC2=[N+]3C(=C(c4ccccc4)c4cc(Br)c(Oc5ccc(OC)cc5)n4[B-]3(F)F)C=C2Br)cc1. The molecule has 0 saturated carbocycles. The zero-order valence-electron chi connectivity index (χ0n) is 21.3. The Kier molecular flexibility index (Phi) is 6.79. The van der Waals surface area contributed by atoms with Gasteiger partial charge in [0.2, 0.25) is 0 Å². The molecule has 2 aliphatic heterocycles. The van der Waals surface area contributed by atoms with Gasteiger partial charge < -0.3 is 32.1 Å². The number of aromatic nitrogens is 1. The Bertz CT molecular complexity index is 1700. The third-order valence-electron chi connectivity index (χ3n) is 6.64. The molecule has 4 aromatic rings. The highest BCUT2D eigenvalue weighted by atomic mass is 79.9. The predicted octanol–water partition coefficient (Wildman–Crippen LogP) is 7.84. The average molecular weight is 670 g/mol. The van der Waals surface area contributed by atoms with Gasteiger partial charge in [-0.2, -0.15) is 0 Å². The van der Waals surface area contributed by atoms with Crippen LogP contribution in [0.2, 0.25) is 0 Å². The van der Waals surface area contributed by atoms with Gasteiger partial charge in [0.1, 0.15) is 27.5 Å². The molecule has 6 nitrogen and oxygen atoms in total. The van der Waals surface area contributed by atoms with Gasteiger partial charge >= 0.3 is 12.9 Å². The van der Waals surface area contributed by atoms with Gasteiger partial charge in [0.15, 0.2) is 11.6 Å². The quantitative estimate of drug-likeness (QED) is 0.196. The Morgan fingerprint density at radius 2 is 1.30 bits per heavy atom. The van der Waals surface area contributed by atoms with Crippen molar-refractivity contribution in [1.29, 1.82) is 0 Å². The molecule has 0 spiro atoms. The van der Waals surface area contributed by atoms with Crippen LogP contribution in [0.15, 0.2) is 106 Å². The number of benzene rings is 3. The topological polar surface area (TPSA) is 44.9 Å². The average Bonchev–Trinajstić information content (AvgIpc) is 3.47. The van der Waals surface area contributed by atoms with Crippen LogP contribution in [0.1, 0.15) is 11.3 Å². The molecule has 202 valence electrons. The van der Waals surface area contributed by atoms with Crippen molar-refractivity contribution in [3.05, 3.63) is 117 Å². The van der Waals surface area contributed by atoms with Crippen LogP contribution in [0, 0.1) is 0 Å². The van der Waals surface area contributed by atoms with E-state index in [0.717, 1.165) is 14.5 Å². The Morgan fingerprint density at radius 3 is 1.88 bits per heavy atom. The molecular formula is C29H21BBr2F2N2O4. The lowest BCUT2D eigenvalue weighted by Gasteiger charge is -2.32. The summed E-state index contributed by atoms with van der Waals surface area (Å²) < 4.78 is 58.8. The third kappa shape index (κ3) is 4.43. The lowest BCUT2D eigenvalue weighted by atomic mass is 9.86. The van der Waals surface area contributed by atoms with Gasteiger partial charge in [-0.25, -0.2) is 0 Å². The second-order valence-corrected chi connectivity index (χ2v) is 10.7. The first-order valence-corrected chi connectivity index (χ1v) is 13.8. The van der Waals surface area contributed by atoms with Crippen molar-refractivity contribution in [2.45, 2.75) is 0 Å². The van der Waals surface area contributed by atoms with Crippen LogP contribution in [-0.2, 0) is 0 Å². The van der Waals surface area contributed by atoms with Gasteiger partial charge in [0.25, 0.3) is 0 Å². The number of allylic oxidation sites excluding steroid dienone is 1. The van der Waals surface area contributed by atoms with Gasteiger partial charge in [-0.3, -0.25) is 4.49 Å². The van der Waals surface area contributed by atoms with E-state index in [9.17, 15) is 0 Å². The van der Waals surface area contributed by atoms with E-state index in [-0.39, 0.29) is 11.8 Å². The van der Waals surface area contributed by atoms with E-state index < -0.39 is 6.97 Å². The van der Waals surface area contributed by atoms with E-state index in [2.05, 4.69) is 31.9 Å². The molecule has 0 amide bonds. The third-order valence-corrected chi connectivity index (χ3v) is 7.77. The molecule has 40 heavy (non-hydrogen) atoms. The van der Waals surface area contributed by atoms with E-state index in [1.807, 2.05) is 30.3 Å². The second-order valence-electron chi connectivity index (χ2n) is 8.99. The van der Waals surface area contributed by atoms with E-state index >= 15 is 8.63 Å². The predicted molar refractivity (Wildman–Crippen MR) is 157 cm³/mol. The zero-order valence-corrected chi connectivity index (χ0v) is 24.4. The lowest BCUT2D eigenvalue weighted by Crippen LogP contribution is -2.51. The highest BCUT2D eigenvalue weighted by molar-refractivity contribution is 9.12. The van der Waals surface area contributed by atoms with Crippen molar-refractivity contribution in [3.8, 4) is 28.9 Å². The van der Waals surface area contributed by atoms with Crippen LogP contribution < -0.4 is 18.9 Å². The minimum atomic E-state index is -4.49. The molecule has 0 atom stereocenters.